The van der Waals surface area contributed by atoms with E-state index in [1.807, 2.05) is 62.6 Å². The molecule has 4 rings (SSSR count). The summed E-state index contributed by atoms with van der Waals surface area (Å²) in [6, 6.07) is 15.1. The molecule has 0 bridgehead atoms. The van der Waals surface area contributed by atoms with Gasteiger partial charge in [-0.3, -0.25) is 9.48 Å². The van der Waals surface area contributed by atoms with E-state index in [2.05, 4.69) is 10.4 Å². The molecule has 4 aromatic rings. The van der Waals surface area contributed by atoms with Crippen molar-refractivity contribution in [3.63, 3.8) is 0 Å². The first-order valence-corrected chi connectivity index (χ1v) is 8.90. The molecule has 1 amide bonds. The Bertz CT molecular complexity index is 1180. The van der Waals surface area contributed by atoms with Crippen LogP contribution in [-0.2, 0) is 7.05 Å². The van der Waals surface area contributed by atoms with Crippen LogP contribution < -0.4 is 10.1 Å². The summed E-state index contributed by atoms with van der Waals surface area (Å²) in [5.74, 6) is 0.400. The Kier molecular flexibility index (Phi) is 4.53. The van der Waals surface area contributed by atoms with Crippen LogP contribution in [0.25, 0.3) is 22.2 Å². The number of fused-ring (bicyclic) bond motifs is 1. The standard InChI is InChI=1S/C22H20N4O2/c1-14-8-9-21(28-3)20(10-14)25-22(27)17-11-19(15-12-23-26(2)13-15)24-18-7-5-4-6-16(17)18/h4-13H,1-3H3,(H,25,27). The highest BCUT2D eigenvalue weighted by atomic mass is 16.5. The lowest BCUT2D eigenvalue weighted by atomic mass is 10.0. The molecule has 0 fully saturated rings. The first kappa shape index (κ1) is 17.7. The molecule has 0 unspecified atom stereocenters. The van der Waals surface area contributed by atoms with Gasteiger partial charge >= 0.3 is 0 Å². The molecule has 0 aliphatic heterocycles. The number of methoxy groups -OCH3 is 1. The summed E-state index contributed by atoms with van der Waals surface area (Å²) in [7, 11) is 3.44. The minimum atomic E-state index is -0.215. The van der Waals surface area contributed by atoms with Crippen LogP contribution in [0.4, 0.5) is 5.69 Å². The third-order valence-electron chi connectivity index (χ3n) is 4.56. The minimum absolute atomic E-state index is 0.215. The average Bonchev–Trinajstić information content (AvgIpc) is 3.13. The van der Waals surface area contributed by atoms with Gasteiger partial charge in [-0.1, -0.05) is 24.3 Å². The van der Waals surface area contributed by atoms with Gasteiger partial charge in [0.05, 0.1) is 35.8 Å². The molecule has 28 heavy (non-hydrogen) atoms. The van der Waals surface area contributed by atoms with Gasteiger partial charge in [-0.05, 0) is 36.8 Å². The maximum atomic E-state index is 13.2. The molecule has 2 heterocycles. The monoisotopic (exact) mass is 372 g/mol. The molecule has 6 nitrogen and oxygen atoms in total. The second kappa shape index (κ2) is 7.15. The fraction of sp³-hybridized carbons (Fsp3) is 0.136. The second-order valence-electron chi connectivity index (χ2n) is 6.63. The van der Waals surface area contributed by atoms with E-state index in [1.54, 1.807) is 24.1 Å². The van der Waals surface area contributed by atoms with Crippen LogP contribution in [0.15, 0.2) is 60.9 Å². The molecule has 140 valence electrons. The van der Waals surface area contributed by atoms with E-state index in [9.17, 15) is 4.79 Å². The predicted octanol–water partition coefficient (Wildman–Crippen LogP) is 4.20. The van der Waals surface area contributed by atoms with Crippen LogP contribution in [-0.4, -0.2) is 27.8 Å². The number of hydrogen-bond acceptors (Lipinski definition) is 4. The summed E-state index contributed by atoms with van der Waals surface area (Å²) >= 11 is 0. The predicted molar refractivity (Wildman–Crippen MR) is 110 cm³/mol. The van der Waals surface area contributed by atoms with E-state index in [4.69, 9.17) is 9.72 Å². The zero-order chi connectivity index (χ0) is 19.7. The number of para-hydroxylation sites is 1. The zero-order valence-corrected chi connectivity index (χ0v) is 15.9. The largest absolute Gasteiger partial charge is 0.495 e. The fourth-order valence-electron chi connectivity index (χ4n) is 3.17. The van der Waals surface area contributed by atoms with Crippen LogP contribution in [0.1, 0.15) is 15.9 Å². The number of nitrogens with one attached hydrogen (secondary N) is 1. The molecule has 0 aliphatic carbocycles. The first-order valence-electron chi connectivity index (χ1n) is 8.90. The van der Waals surface area contributed by atoms with Crippen LogP contribution in [0.2, 0.25) is 0 Å². The number of nitrogens with zero attached hydrogens (tertiary/aromatic N) is 3. The van der Waals surface area contributed by atoms with Crippen LogP contribution in [0.5, 0.6) is 5.75 Å². The van der Waals surface area contributed by atoms with Gasteiger partial charge < -0.3 is 10.1 Å². The van der Waals surface area contributed by atoms with Gasteiger partial charge in [0, 0.05) is 24.2 Å². The van der Waals surface area contributed by atoms with E-state index in [1.165, 1.54) is 0 Å². The molecule has 6 heteroatoms. The zero-order valence-electron chi connectivity index (χ0n) is 15.9. The van der Waals surface area contributed by atoms with Crippen molar-refractivity contribution < 1.29 is 9.53 Å². The lowest BCUT2D eigenvalue weighted by molar-refractivity contribution is 0.102. The first-order chi connectivity index (χ1) is 13.5. The summed E-state index contributed by atoms with van der Waals surface area (Å²) in [4.78, 5) is 17.9. The Hall–Kier alpha value is -3.67. The second-order valence-corrected chi connectivity index (χ2v) is 6.63. The topological polar surface area (TPSA) is 69.0 Å². The van der Waals surface area contributed by atoms with Crippen molar-refractivity contribution in [2.75, 3.05) is 12.4 Å². The van der Waals surface area contributed by atoms with Gasteiger partial charge in [0.25, 0.3) is 5.91 Å². The molecule has 0 aliphatic rings. The number of carbonyl (C=O) groups excluding carboxylic acids is 1. The molecule has 0 atom stereocenters. The summed E-state index contributed by atoms with van der Waals surface area (Å²) in [6.07, 6.45) is 3.62. The summed E-state index contributed by atoms with van der Waals surface area (Å²) in [5.41, 5.74) is 4.53. The quantitative estimate of drug-likeness (QED) is 0.583. The van der Waals surface area contributed by atoms with Crippen molar-refractivity contribution in [3.8, 4) is 17.0 Å². The van der Waals surface area contributed by atoms with E-state index >= 15 is 0 Å². The number of rotatable bonds is 4. The van der Waals surface area contributed by atoms with E-state index in [0.717, 1.165) is 22.0 Å². The van der Waals surface area contributed by atoms with E-state index < -0.39 is 0 Å². The molecule has 0 saturated carbocycles. The van der Waals surface area contributed by atoms with Crippen LogP contribution >= 0.6 is 0 Å². The number of ether oxygens (including phenoxy) is 1. The smallest absolute Gasteiger partial charge is 0.256 e. The van der Waals surface area contributed by atoms with Crippen molar-refractivity contribution in [1.29, 1.82) is 0 Å². The number of aryl methyl sites for hydroxylation is 2. The fourth-order valence-corrected chi connectivity index (χ4v) is 3.17. The molecular weight excluding hydrogens is 352 g/mol. The van der Waals surface area contributed by atoms with Crippen LogP contribution in [0, 0.1) is 6.92 Å². The van der Waals surface area contributed by atoms with Gasteiger partial charge in [-0.2, -0.15) is 5.10 Å². The lowest BCUT2D eigenvalue weighted by Crippen LogP contribution is -2.14. The summed E-state index contributed by atoms with van der Waals surface area (Å²) in [6.45, 7) is 1.97. The van der Waals surface area contributed by atoms with Gasteiger partial charge in [0.15, 0.2) is 0 Å². The molecular formula is C22H20N4O2. The Labute approximate surface area is 162 Å². The highest BCUT2D eigenvalue weighted by Crippen LogP contribution is 2.28. The highest BCUT2D eigenvalue weighted by molar-refractivity contribution is 6.13. The number of benzene rings is 2. The number of amides is 1. The van der Waals surface area contributed by atoms with Gasteiger partial charge in [-0.25, -0.2) is 4.98 Å². The van der Waals surface area contributed by atoms with E-state index in [-0.39, 0.29) is 5.91 Å². The van der Waals surface area contributed by atoms with Crippen molar-refractivity contribution in [2.45, 2.75) is 6.92 Å². The Morgan fingerprint density at radius 3 is 2.71 bits per heavy atom. The van der Waals surface area contributed by atoms with E-state index in [0.29, 0.717) is 22.7 Å². The molecule has 2 aromatic heterocycles. The molecule has 1 N–H and O–H groups in total. The van der Waals surface area contributed by atoms with Crippen molar-refractivity contribution >= 4 is 22.5 Å². The van der Waals surface area contributed by atoms with Gasteiger partial charge in [0.2, 0.25) is 0 Å². The van der Waals surface area contributed by atoms with Crippen molar-refractivity contribution in [3.05, 3.63) is 72.1 Å². The number of pyridine rings is 1. The van der Waals surface area contributed by atoms with Gasteiger partial charge in [0.1, 0.15) is 5.75 Å². The normalized spacial score (nSPS) is 10.8. The maximum Gasteiger partial charge on any atom is 0.256 e. The van der Waals surface area contributed by atoms with Crippen LogP contribution in [0.3, 0.4) is 0 Å². The van der Waals surface area contributed by atoms with Crippen molar-refractivity contribution in [1.82, 2.24) is 14.8 Å². The number of aromatic nitrogens is 3. The van der Waals surface area contributed by atoms with Crippen molar-refractivity contribution in [2.24, 2.45) is 7.05 Å². The third kappa shape index (κ3) is 3.32. The number of hydrogen-bond donors (Lipinski definition) is 1. The Morgan fingerprint density at radius 2 is 1.96 bits per heavy atom. The third-order valence-corrected chi connectivity index (χ3v) is 4.56. The minimum Gasteiger partial charge on any atom is -0.495 e. The summed E-state index contributed by atoms with van der Waals surface area (Å²) in [5, 5.41) is 7.98. The maximum absolute atomic E-state index is 13.2. The average molecular weight is 372 g/mol. The number of anilines is 1. The van der Waals surface area contributed by atoms with Gasteiger partial charge in [-0.15, -0.1) is 0 Å². The molecule has 2 aromatic carbocycles. The molecule has 0 radical (unpaired) electrons. The Morgan fingerprint density at radius 1 is 1.14 bits per heavy atom. The Balaban J connectivity index is 1.81. The summed E-state index contributed by atoms with van der Waals surface area (Å²) < 4.78 is 7.09. The SMILES string of the molecule is COc1ccc(C)cc1NC(=O)c1cc(-c2cnn(C)c2)nc2ccccc12. The lowest BCUT2D eigenvalue weighted by Gasteiger charge is -2.13. The highest BCUT2D eigenvalue weighted by Gasteiger charge is 2.16. The number of carbonyl (C=O) groups is 1. The molecule has 0 saturated heterocycles. The molecule has 0 spiro atoms.